The maximum absolute atomic E-state index is 2.47. The summed E-state index contributed by atoms with van der Waals surface area (Å²) in [5.41, 5.74) is 7.29. The van der Waals surface area contributed by atoms with E-state index in [1.54, 1.807) is 0 Å². The predicted octanol–water partition coefficient (Wildman–Crippen LogP) is 9.67. The van der Waals surface area contributed by atoms with E-state index < -0.39 is 0 Å². The molecular weight excluding hydrogens is 460 g/mol. The topological polar surface area (TPSA) is 8.82 Å². The number of hydrogen-bond acceptors (Lipinski definition) is 0. The summed E-state index contributed by atoms with van der Waals surface area (Å²) < 4.78 is 4.94. The molecule has 0 unspecified atom stereocenters. The summed E-state index contributed by atoms with van der Waals surface area (Å²) in [5.74, 6) is 0. The van der Waals surface area contributed by atoms with Gasteiger partial charge in [0.05, 0.1) is 22.1 Å². The van der Waals surface area contributed by atoms with E-state index in [1.807, 2.05) is 0 Å². The van der Waals surface area contributed by atoms with Crippen molar-refractivity contribution in [1.29, 1.82) is 0 Å². The van der Waals surface area contributed by atoms with Crippen molar-refractivity contribution in [3.8, 4) is 0 Å². The maximum Gasteiger partial charge on any atom is 0.0788 e. The SMILES string of the molecule is c1cc2cc(c1)c1cccc(c1)n1c3ccccc3c3ccc4c5ccccc5n(c5cccc2c5)c4c31. The van der Waals surface area contributed by atoms with Crippen molar-refractivity contribution < 1.29 is 0 Å². The zero-order chi connectivity index (χ0) is 24.8. The Labute approximate surface area is 218 Å². The molecule has 0 saturated carbocycles. The second kappa shape index (κ2) is 7.24. The Morgan fingerprint density at radius 3 is 1.24 bits per heavy atom. The lowest BCUT2D eigenvalue weighted by Gasteiger charge is -2.05. The average molecular weight is 483 g/mol. The van der Waals surface area contributed by atoms with Crippen LogP contribution in [0.4, 0.5) is 0 Å². The van der Waals surface area contributed by atoms with Crippen LogP contribution in [-0.4, -0.2) is 8.80 Å². The normalized spacial score (nSPS) is 12.2. The lowest BCUT2D eigenvalue weighted by molar-refractivity contribution is 1.30. The summed E-state index contributed by atoms with van der Waals surface area (Å²) in [6.07, 6.45) is 0. The van der Waals surface area contributed by atoms with E-state index in [0.717, 1.165) is 0 Å². The van der Waals surface area contributed by atoms with Crippen LogP contribution in [0.3, 0.4) is 0 Å². The third-order valence-electron chi connectivity index (χ3n) is 8.21. The minimum Gasteiger partial charge on any atom is -0.307 e. The first-order chi connectivity index (χ1) is 18.8. The van der Waals surface area contributed by atoms with Crippen molar-refractivity contribution in [2.75, 3.05) is 0 Å². The lowest BCUT2D eigenvalue weighted by atomic mass is 10.1. The van der Waals surface area contributed by atoms with E-state index in [-0.39, 0.29) is 0 Å². The van der Waals surface area contributed by atoms with Gasteiger partial charge in [-0.25, -0.2) is 0 Å². The van der Waals surface area contributed by atoms with Crippen molar-refractivity contribution in [3.05, 3.63) is 133 Å². The zero-order valence-electron chi connectivity index (χ0n) is 20.6. The van der Waals surface area contributed by atoms with Crippen LogP contribution in [0.5, 0.6) is 0 Å². The molecule has 0 N–H and O–H groups in total. The standard InChI is InChI=1S/C36H22N2/c1-3-16-33-29(14-1)31-18-19-32-30-15-2-4-17-34(30)38-28-13-7-11-26(22-28)24-9-5-8-23(20-24)25-10-6-12-27(21-25)37(33)35(31)36(32)38/h1-22H. The van der Waals surface area contributed by atoms with E-state index in [9.17, 15) is 0 Å². The predicted molar refractivity (Wildman–Crippen MR) is 162 cm³/mol. The number of nitrogens with zero attached hydrogens (tertiary/aromatic N) is 2. The summed E-state index contributed by atoms with van der Waals surface area (Å²) in [6, 6.07) is 49.1. The first kappa shape index (κ1) is 20.0. The molecule has 9 aromatic rings. The molecule has 6 bridgehead atoms. The maximum atomic E-state index is 2.47. The highest BCUT2D eigenvalue weighted by atomic mass is 15.0. The van der Waals surface area contributed by atoms with Crippen molar-refractivity contribution in [1.82, 2.24) is 8.80 Å². The average Bonchev–Trinajstić information content (AvgIpc) is 3.50. The molecule has 3 aromatic heterocycles. The molecule has 176 valence electrons. The monoisotopic (exact) mass is 482 g/mol. The van der Waals surface area contributed by atoms with Crippen LogP contribution in [-0.2, 0) is 0 Å². The molecule has 0 fully saturated rings. The van der Waals surface area contributed by atoms with E-state index >= 15 is 0 Å². The van der Waals surface area contributed by atoms with E-state index in [4.69, 9.17) is 0 Å². The Bertz CT molecular complexity index is 2290. The Kier molecular flexibility index (Phi) is 3.82. The summed E-state index contributed by atoms with van der Waals surface area (Å²) in [4.78, 5) is 0. The Morgan fingerprint density at radius 1 is 0.316 bits per heavy atom. The van der Waals surface area contributed by atoms with Crippen LogP contribution in [0.2, 0.25) is 0 Å². The Morgan fingerprint density at radius 2 is 0.737 bits per heavy atom. The van der Waals surface area contributed by atoms with Crippen LogP contribution < -0.4 is 0 Å². The van der Waals surface area contributed by atoms with Crippen molar-refractivity contribution in [2.45, 2.75) is 0 Å². The molecule has 0 atom stereocenters. The van der Waals surface area contributed by atoms with Gasteiger partial charge in [0.2, 0.25) is 0 Å². The van der Waals surface area contributed by atoms with Gasteiger partial charge < -0.3 is 8.80 Å². The van der Waals surface area contributed by atoms with Crippen molar-refractivity contribution >= 4 is 76.2 Å². The number of hydrogen-bond donors (Lipinski definition) is 0. The fraction of sp³-hybridized carbons (Fsp3) is 0. The molecule has 38 heavy (non-hydrogen) atoms. The second-order valence-corrected chi connectivity index (χ2v) is 10.2. The van der Waals surface area contributed by atoms with Crippen molar-refractivity contribution in [2.24, 2.45) is 0 Å². The summed E-state index contributed by atoms with van der Waals surface area (Å²) in [5, 5.41) is 9.99. The number of benzene rings is 6. The number of para-hydroxylation sites is 2. The molecule has 0 aliphatic heterocycles. The third-order valence-corrected chi connectivity index (χ3v) is 8.21. The minimum atomic E-state index is 1.18. The summed E-state index contributed by atoms with van der Waals surface area (Å²) in [6.45, 7) is 0. The highest BCUT2D eigenvalue weighted by Crippen LogP contribution is 2.39. The van der Waals surface area contributed by atoms with Gasteiger partial charge in [-0.15, -0.1) is 0 Å². The molecule has 2 nitrogen and oxygen atoms in total. The summed E-state index contributed by atoms with van der Waals surface area (Å²) in [7, 11) is 0. The fourth-order valence-electron chi connectivity index (χ4n) is 6.56. The molecule has 6 aromatic carbocycles. The molecule has 0 radical (unpaired) electrons. The van der Waals surface area contributed by atoms with E-state index in [1.165, 1.54) is 76.2 Å². The Balaban J connectivity index is 1.76. The van der Waals surface area contributed by atoms with Gasteiger partial charge in [0, 0.05) is 32.6 Å². The van der Waals surface area contributed by atoms with Gasteiger partial charge in [-0.05, 0) is 64.0 Å². The molecule has 0 amide bonds. The van der Waals surface area contributed by atoms with Gasteiger partial charge in [0.1, 0.15) is 0 Å². The molecule has 0 aliphatic carbocycles. The quantitative estimate of drug-likeness (QED) is 0.203. The van der Waals surface area contributed by atoms with Crippen LogP contribution in [0, 0.1) is 0 Å². The van der Waals surface area contributed by atoms with Crippen LogP contribution in [0.25, 0.3) is 76.2 Å². The summed E-state index contributed by atoms with van der Waals surface area (Å²) >= 11 is 0. The molecular formula is C36H22N2. The van der Waals surface area contributed by atoms with Gasteiger partial charge in [-0.2, -0.15) is 0 Å². The van der Waals surface area contributed by atoms with Crippen LogP contribution in [0.15, 0.2) is 133 Å². The third kappa shape index (κ3) is 2.56. The largest absolute Gasteiger partial charge is 0.307 e. The Hall–Kier alpha value is -5.08. The van der Waals surface area contributed by atoms with Crippen LogP contribution >= 0.6 is 0 Å². The van der Waals surface area contributed by atoms with Gasteiger partial charge in [0.25, 0.3) is 0 Å². The second-order valence-electron chi connectivity index (χ2n) is 10.2. The smallest absolute Gasteiger partial charge is 0.0788 e. The number of aromatic nitrogens is 2. The number of fused-ring (bicyclic) bond motifs is 16. The van der Waals surface area contributed by atoms with Crippen molar-refractivity contribution in [3.63, 3.8) is 0 Å². The van der Waals surface area contributed by atoms with E-state index in [2.05, 4.69) is 142 Å². The van der Waals surface area contributed by atoms with Gasteiger partial charge in [0.15, 0.2) is 0 Å². The molecule has 0 aliphatic rings. The fourth-order valence-corrected chi connectivity index (χ4v) is 6.56. The first-order valence-electron chi connectivity index (χ1n) is 13.1. The van der Waals surface area contributed by atoms with Gasteiger partial charge in [-0.1, -0.05) is 91.0 Å². The zero-order valence-corrected chi connectivity index (χ0v) is 20.6. The van der Waals surface area contributed by atoms with Gasteiger partial charge in [-0.3, -0.25) is 0 Å². The van der Waals surface area contributed by atoms with Gasteiger partial charge >= 0.3 is 0 Å². The first-order valence-corrected chi connectivity index (χ1v) is 13.1. The molecule has 0 spiro atoms. The molecule has 2 heteroatoms. The molecule has 0 saturated heterocycles. The van der Waals surface area contributed by atoms with E-state index in [0.29, 0.717) is 0 Å². The highest BCUT2D eigenvalue weighted by Gasteiger charge is 2.17. The lowest BCUT2D eigenvalue weighted by Crippen LogP contribution is -1.89. The molecule has 3 heterocycles. The van der Waals surface area contributed by atoms with Crippen LogP contribution in [0.1, 0.15) is 0 Å². The molecule has 9 rings (SSSR count). The highest BCUT2D eigenvalue weighted by molar-refractivity contribution is 6.23. The minimum absolute atomic E-state index is 1.18. The number of rotatable bonds is 0.